The first-order valence-corrected chi connectivity index (χ1v) is 5.08. The molecule has 68 valence electrons. The molecular weight excluding hydrogens is 148 g/mol. The molecule has 3 unspecified atom stereocenters. The molecule has 2 rings (SSSR count). The Kier molecular flexibility index (Phi) is 2.07. The van der Waals surface area contributed by atoms with Crippen molar-refractivity contribution < 1.29 is 0 Å². The number of nitrogens with one attached hydrogen (secondary N) is 1. The SMILES string of the molecule is CC(C)C1CCCC2C=NNC21. The molecule has 0 aromatic heterocycles. The summed E-state index contributed by atoms with van der Waals surface area (Å²) in [6.07, 6.45) is 6.22. The van der Waals surface area contributed by atoms with Crippen LogP contribution in [0.4, 0.5) is 0 Å². The van der Waals surface area contributed by atoms with Gasteiger partial charge in [0, 0.05) is 12.1 Å². The average molecular weight is 166 g/mol. The highest BCUT2D eigenvalue weighted by molar-refractivity contribution is 5.63. The highest BCUT2D eigenvalue weighted by Crippen LogP contribution is 2.34. The largest absolute Gasteiger partial charge is 0.306 e. The van der Waals surface area contributed by atoms with Gasteiger partial charge in [0.15, 0.2) is 0 Å². The summed E-state index contributed by atoms with van der Waals surface area (Å²) >= 11 is 0. The quantitative estimate of drug-likeness (QED) is 0.633. The molecule has 1 fully saturated rings. The van der Waals surface area contributed by atoms with Crippen LogP contribution in [0.3, 0.4) is 0 Å². The fourth-order valence-electron chi connectivity index (χ4n) is 2.60. The zero-order valence-corrected chi connectivity index (χ0v) is 7.96. The van der Waals surface area contributed by atoms with Gasteiger partial charge < -0.3 is 5.43 Å². The predicted molar refractivity (Wildman–Crippen MR) is 51.1 cm³/mol. The summed E-state index contributed by atoms with van der Waals surface area (Å²) in [4.78, 5) is 0. The van der Waals surface area contributed by atoms with E-state index < -0.39 is 0 Å². The number of nitrogens with zero attached hydrogens (tertiary/aromatic N) is 1. The number of fused-ring (bicyclic) bond motifs is 1. The van der Waals surface area contributed by atoms with Gasteiger partial charge in [-0.15, -0.1) is 0 Å². The van der Waals surface area contributed by atoms with Crippen LogP contribution < -0.4 is 5.43 Å². The lowest BCUT2D eigenvalue weighted by Gasteiger charge is -2.35. The Labute approximate surface area is 74.4 Å². The van der Waals surface area contributed by atoms with E-state index in [1.807, 2.05) is 0 Å². The Balaban J connectivity index is 2.06. The van der Waals surface area contributed by atoms with E-state index in [4.69, 9.17) is 0 Å². The molecule has 0 aromatic rings. The summed E-state index contributed by atoms with van der Waals surface area (Å²) in [6.45, 7) is 4.65. The van der Waals surface area contributed by atoms with Crippen molar-refractivity contribution in [1.82, 2.24) is 5.43 Å². The van der Waals surface area contributed by atoms with Crippen LogP contribution >= 0.6 is 0 Å². The van der Waals surface area contributed by atoms with Crippen LogP contribution in [0.1, 0.15) is 33.1 Å². The number of rotatable bonds is 1. The summed E-state index contributed by atoms with van der Waals surface area (Å²) in [5.74, 6) is 2.37. The van der Waals surface area contributed by atoms with Crippen LogP contribution in [0, 0.1) is 17.8 Å². The highest BCUT2D eigenvalue weighted by Gasteiger charge is 2.36. The summed E-state index contributed by atoms with van der Waals surface area (Å²) < 4.78 is 0. The second kappa shape index (κ2) is 3.08. The summed E-state index contributed by atoms with van der Waals surface area (Å²) in [7, 11) is 0. The lowest BCUT2D eigenvalue weighted by atomic mass is 9.73. The molecule has 1 N–H and O–H groups in total. The Morgan fingerprint density at radius 3 is 3.00 bits per heavy atom. The molecule has 2 nitrogen and oxygen atoms in total. The normalized spacial score (nSPS) is 39.8. The van der Waals surface area contributed by atoms with Crippen molar-refractivity contribution in [2.24, 2.45) is 22.9 Å². The van der Waals surface area contributed by atoms with Gasteiger partial charge in [-0.1, -0.05) is 20.3 Å². The van der Waals surface area contributed by atoms with Gasteiger partial charge in [-0.25, -0.2) is 0 Å². The van der Waals surface area contributed by atoms with E-state index >= 15 is 0 Å². The first-order valence-electron chi connectivity index (χ1n) is 5.08. The van der Waals surface area contributed by atoms with Crippen molar-refractivity contribution in [2.75, 3.05) is 0 Å². The molecule has 0 aromatic carbocycles. The van der Waals surface area contributed by atoms with Gasteiger partial charge in [0.1, 0.15) is 0 Å². The van der Waals surface area contributed by atoms with Crippen LogP contribution in [0.5, 0.6) is 0 Å². The lowest BCUT2D eigenvalue weighted by Crippen LogP contribution is -2.41. The third-order valence-electron chi connectivity index (χ3n) is 3.34. The van der Waals surface area contributed by atoms with Crippen molar-refractivity contribution in [3.05, 3.63) is 0 Å². The minimum absolute atomic E-state index is 0.652. The predicted octanol–water partition coefficient (Wildman–Crippen LogP) is 2.02. The molecule has 1 aliphatic heterocycles. The third-order valence-corrected chi connectivity index (χ3v) is 3.34. The smallest absolute Gasteiger partial charge is 0.0548 e. The molecule has 2 aliphatic rings. The molecule has 0 radical (unpaired) electrons. The molecule has 0 saturated heterocycles. The van der Waals surface area contributed by atoms with Crippen LogP contribution in [-0.2, 0) is 0 Å². The zero-order chi connectivity index (χ0) is 8.55. The minimum atomic E-state index is 0.652. The summed E-state index contributed by atoms with van der Waals surface area (Å²) in [5.41, 5.74) is 3.26. The van der Waals surface area contributed by atoms with Crippen LogP contribution in [-0.4, -0.2) is 12.3 Å². The number of hydrogen-bond donors (Lipinski definition) is 1. The second-order valence-electron chi connectivity index (χ2n) is 4.44. The molecule has 12 heavy (non-hydrogen) atoms. The number of hydrogen-bond acceptors (Lipinski definition) is 2. The molecule has 1 heterocycles. The van der Waals surface area contributed by atoms with Gasteiger partial charge in [-0.3, -0.25) is 0 Å². The van der Waals surface area contributed by atoms with Crippen molar-refractivity contribution in [1.29, 1.82) is 0 Å². The molecule has 2 heteroatoms. The highest BCUT2D eigenvalue weighted by atomic mass is 15.3. The summed E-state index contributed by atoms with van der Waals surface area (Å²) in [6, 6.07) is 0.652. The standard InChI is InChI=1S/C10H18N2/c1-7(2)9-5-3-4-8-6-11-12-10(8)9/h6-10,12H,3-5H2,1-2H3. The van der Waals surface area contributed by atoms with Crippen LogP contribution in [0.15, 0.2) is 5.10 Å². The Bertz CT molecular complexity index is 186. The maximum Gasteiger partial charge on any atom is 0.0548 e. The van der Waals surface area contributed by atoms with Gasteiger partial charge >= 0.3 is 0 Å². The van der Waals surface area contributed by atoms with Crippen molar-refractivity contribution >= 4 is 6.21 Å². The Morgan fingerprint density at radius 1 is 1.42 bits per heavy atom. The first-order chi connectivity index (χ1) is 5.79. The van der Waals surface area contributed by atoms with E-state index in [2.05, 4.69) is 30.6 Å². The first kappa shape index (κ1) is 8.09. The zero-order valence-electron chi connectivity index (χ0n) is 7.96. The van der Waals surface area contributed by atoms with Crippen LogP contribution in [0.25, 0.3) is 0 Å². The third kappa shape index (κ3) is 1.23. The molecule has 1 saturated carbocycles. The van der Waals surface area contributed by atoms with Gasteiger partial charge in [0.2, 0.25) is 0 Å². The molecular formula is C10H18N2. The van der Waals surface area contributed by atoms with Crippen molar-refractivity contribution in [3.63, 3.8) is 0 Å². The topological polar surface area (TPSA) is 24.4 Å². The number of hydrazone groups is 1. The van der Waals surface area contributed by atoms with E-state index in [1.165, 1.54) is 19.3 Å². The molecule has 0 spiro atoms. The van der Waals surface area contributed by atoms with Gasteiger partial charge in [-0.2, -0.15) is 5.10 Å². The van der Waals surface area contributed by atoms with E-state index in [9.17, 15) is 0 Å². The van der Waals surface area contributed by atoms with Gasteiger partial charge in [0.25, 0.3) is 0 Å². The summed E-state index contributed by atoms with van der Waals surface area (Å²) in [5, 5.41) is 4.19. The maximum atomic E-state index is 4.19. The van der Waals surface area contributed by atoms with Gasteiger partial charge in [-0.05, 0) is 24.7 Å². The van der Waals surface area contributed by atoms with Crippen LogP contribution in [0.2, 0.25) is 0 Å². The average Bonchev–Trinajstić information content (AvgIpc) is 2.49. The van der Waals surface area contributed by atoms with E-state index in [0.717, 1.165) is 17.8 Å². The maximum absolute atomic E-state index is 4.19. The van der Waals surface area contributed by atoms with Gasteiger partial charge in [0.05, 0.1) is 6.04 Å². The Hall–Kier alpha value is -0.530. The second-order valence-corrected chi connectivity index (χ2v) is 4.44. The Morgan fingerprint density at radius 2 is 2.25 bits per heavy atom. The van der Waals surface area contributed by atoms with Crippen molar-refractivity contribution in [2.45, 2.75) is 39.2 Å². The fraction of sp³-hybridized carbons (Fsp3) is 0.900. The van der Waals surface area contributed by atoms with E-state index in [1.54, 1.807) is 0 Å². The van der Waals surface area contributed by atoms with E-state index in [0.29, 0.717) is 6.04 Å². The molecule has 0 amide bonds. The fourth-order valence-corrected chi connectivity index (χ4v) is 2.60. The lowest BCUT2D eigenvalue weighted by molar-refractivity contribution is 0.194. The monoisotopic (exact) mass is 166 g/mol. The molecule has 1 aliphatic carbocycles. The minimum Gasteiger partial charge on any atom is -0.306 e. The van der Waals surface area contributed by atoms with E-state index in [-0.39, 0.29) is 0 Å². The van der Waals surface area contributed by atoms with Crippen molar-refractivity contribution in [3.8, 4) is 0 Å². The molecule has 3 atom stereocenters. The molecule has 0 bridgehead atoms.